The summed E-state index contributed by atoms with van der Waals surface area (Å²) in [5.41, 5.74) is 5.72. The Morgan fingerprint density at radius 3 is 2.36 bits per heavy atom. The summed E-state index contributed by atoms with van der Waals surface area (Å²) in [6.07, 6.45) is 2.35. The summed E-state index contributed by atoms with van der Waals surface area (Å²) in [6.45, 7) is 3.52. The molecule has 4 heterocycles. The van der Waals surface area contributed by atoms with Crippen LogP contribution in [0.25, 0.3) is 22.4 Å². The van der Waals surface area contributed by atoms with E-state index >= 15 is 0 Å². The SMILES string of the molecule is CN1CCN(C(=O)c2ccc(-c3c(-c4ccc5c(c4)CN(C4CCC(=O)NC4=O)C5=O)cnn3C)cc2)CC1. The zero-order chi connectivity index (χ0) is 27.3. The topological polar surface area (TPSA) is 108 Å². The molecule has 2 fully saturated rings. The third-order valence-corrected chi connectivity index (χ3v) is 7.97. The molecular weight excluding hydrogens is 496 g/mol. The predicted octanol–water partition coefficient (Wildman–Crippen LogP) is 1.90. The van der Waals surface area contributed by atoms with Gasteiger partial charge in [-0.25, -0.2) is 0 Å². The van der Waals surface area contributed by atoms with Gasteiger partial charge in [-0.3, -0.25) is 29.2 Å². The highest BCUT2D eigenvalue weighted by molar-refractivity contribution is 6.05. The summed E-state index contributed by atoms with van der Waals surface area (Å²) in [4.78, 5) is 55.7. The lowest BCUT2D eigenvalue weighted by atomic mass is 9.97. The lowest BCUT2D eigenvalue weighted by Crippen LogP contribution is -2.52. The van der Waals surface area contributed by atoms with Crippen molar-refractivity contribution in [2.45, 2.75) is 25.4 Å². The maximum atomic E-state index is 13.1. The van der Waals surface area contributed by atoms with Crippen LogP contribution in [-0.2, 0) is 23.2 Å². The zero-order valence-electron chi connectivity index (χ0n) is 22.0. The van der Waals surface area contributed by atoms with Gasteiger partial charge in [0.05, 0.1) is 11.9 Å². The average Bonchev–Trinajstić information content (AvgIpc) is 3.48. The molecule has 10 heteroatoms. The number of amides is 4. The smallest absolute Gasteiger partial charge is 0.255 e. The fourth-order valence-corrected chi connectivity index (χ4v) is 5.70. The Morgan fingerprint density at radius 2 is 1.64 bits per heavy atom. The van der Waals surface area contributed by atoms with Gasteiger partial charge in [0.1, 0.15) is 6.04 Å². The van der Waals surface area contributed by atoms with Crippen LogP contribution in [0.4, 0.5) is 0 Å². The molecule has 6 rings (SSSR count). The number of aromatic nitrogens is 2. The molecule has 2 saturated heterocycles. The Hall–Kier alpha value is -4.31. The minimum absolute atomic E-state index is 0.0451. The van der Waals surface area contributed by atoms with E-state index in [1.165, 1.54) is 0 Å². The highest BCUT2D eigenvalue weighted by Gasteiger charge is 2.39. The van der Waals surface area contributed by atoms with Crippen molar-refractivity contribution in [3.8, 4) is 22.4 Å². The summed E-state index contributed by atoms with van der Waals surface area (Å²) < 4.78 is 1.81. The molecule has 39 heavy (non-hydrogen) atoms. The first-order valence-electron chi connectivity index (χ1n) is 13.2. The number of hydrogen-bond donors (Lipinski definition) is 1. The standard InChI is InChI=1S/C29H30N6O4/c1-32-11-13-34(14-12-32)28(38)19-5-3-18(4-6-19)26-23(16-30-33(26)2)20-7-8-22-21(15-20)17-35(29(22)39)24-9-10-25(36)31-27(24)37/h3-8,15-16,24H,9-14,17H2,1-2H3,(H,31,36,37). The molecule has 3 aliphatic heterocycles. The Morgan fingerprint density at radius 1 is 0.923 bits per heavy atom. The molecule has 4 amide bonds. The molecule has 1 N–H and O–H groups in total. The van der Waals surface area contributed by atoms with Crippen molar-refractivity contribution in [2.24, 2.45) is 7.05 Å². The fraction of sp³-hybridized carbons (Fsp3) is 0.345. The van der Waals surface area contributed by atoms with Gasteiger partial charge in [0, 0.05) is 68.4 Å². The monoisotopic (exact) mass is 526 g/mol. The maximum absolute atomic E-state index is 13.1. The van der Waals surface area contributed by atoms with Gasteiger partial charge in [-0.1, -0.05) is 18.2 Å². The van der Waals surface area contributed by atoms with Gasteiger partial charge in [-0.15, -0.1) is 0 Å². The van der Waals surface area contributed by atoms with E-state index in [2.05, 4.69) is 22.4 Å². The second-order valence-electron chi connectivity index (χ2n) is 10.5. The van der Waals surface area contributed by atoms with E-state index in [1.807, 2.05) is 48.3 Å². The summed E-state index contributed by atoms with van der Waals surface area (Å²) in [5, 5.41) is 6.84. The molecule has 1 unspecified atom stereocenters. The molecular formula is C29H30N6O4. The number of nitrogens with zero attached hydrogens (tertiary/aromatic N) is 5. The predicted molar refractivity (Wildman–Crippen MR) is 144 cm³/mol. The van der Waals surface area contributed by atoms with Crippen molar-refractivity contribution in [1.82, 2.24) is 29.8 Å². The van der Waals surface area contributed by atoms with Crippen LogP contribution in [0.5, 0.6) is 0 Å². The number of carbonyl (C=O) groups excluding carboxylic acids is 4. The first-order chi connectivity index (χ1) is 18.8. The van der Waals surface area contributed by atoms with Crippen LogP contribution in [0.3, 0.4) is 0 Å². The summed E-state index contributed by atoms with van der Waals surface area (Å²) in [7, 11) is 3.94. The van der Waals surface area contributed by atoms with E-state index in [1.54, 1.807) is 21.8 Å². The van der Waals surface area contributed by atoms with E-state index in [4.69, 9.17) is 0 Å². The first-order valence-corrected chi connectivity index (χ1v) is 13.2. The summed E-state index contributed by atoms with van der Waals surface area (Å²) >= 11 is 0. The van der Waals surface area contributed by atoms with Gasteiger partial charge in [0.2, 0.25) is 11.8 Å². The van der Waals surface area contributed by atoms with Crippen LogP contribution in [0, 0.1) is 0 Å². The Balaban J connectivity index is 1.25. The van der Waals surface area contributed by atoms with Crippen LogP contribution in [0.2, 0.25) is 0 Å². The average molecular weight is 527 g/mol. The molecule has 3 aliphatic rings. The van der Waals surface area contributed by atoms with Crippen LogP contribution >= 0.6 is 0 Å². The second-order valence-corrected chi connectivity index (χ2v) is 10.5. The van der Waals surface area contributed by atoms with E-state index in [-0.39, 0.29) is 24.1 Å². The van der Waals surface area contributed by atoms with E-state index in [0.717, 1.165) is 54.1 Å². The van der Waals surface area contributed by atoms with Crippen molar-refractivity contribution in [3.05, 3.63) is 65.4 Å². The number of fused-ring (bicyclic) bond motifs is 1. The number of benzene rings is 2. The molecule has 0 aliphatic carbocycles. The van der Waals surface area contributed by atoms with Crippen LogP contribution in [-0.4, -0.2) is 87.4 Å². The molecule has 0 radical (unpaired) electrons. The Labute approximate surface area is 226 Å². The Bertz CT molecular complexity index is 1490. The lowest BCUT2D eigenvalue weighted by Gasteiger charge is -2.32. The number of nitrogens with one attached hydrogen (secondary N) is 1. The number of likely N-dealkylation sites (N-methyl/N-ethyl adjacent to an activating group) is 1. The highest BCUT2D eigenvalue weighted by atomic mass is 16.2. The highest BCUT2D eigenvalue weighted by Crippen LogP contribution is 2.35. The number of rotatable bonds is 4. The van der Waals surface area contributed by atoms with E-state index < -0.39 is 11.9 Å². The second kappa shape index (κ2) is 9.77. The minimum Gasteiger partial charge on any atom is -0.336 e. The third-order valence-electron chi connectivity index (χ3n) is 7.97. The van der Waals surface area contributed by atoms with Crippen molar-refractivity contribution >= 4 is 23.6 Å². The number of piperidine rings is 1. The van der Waals surface area contributed by atoms with Gasteiger partial charge in [-0.05, 0) is 48.9 Å². The maximum Gasteiger partial charge on any atom is 0.255 e. The molecule has 3 aromatic rings. The zero-order valence-corrected chi connectivity index (χ0v) is 22.0. The number of aryl methyl sites for hydroxylation is 1. The lowest BCUT2D eigenvalue weighted by molar-refractivity contribution is -0.136. The molecule has 2 aromatic carbocycles. The fourth-order valence-electron chi connectivity index (χ4n) is 5.70. The molecule has 0 saturated carbocycles. The van der Waals surface area contributed by atoms with Crippen molar-refractivity contribution in [2.75, 3.05) is 33.2 Å². The van der Waals surface area contributed by atoms with Gasteiger partial charge in [0.15, 0.2) is 0 Å². The van der Waals surface area contributed by atoms with Crippen molar-refractivity contribution in [3.63, 3.8) is 0 Å². The first kappa shape index (κ1) is 25.0. The van der Waals surface area contributed by atoms with Crippen molar-refractivity contribution in [1.29, 1.82) is 0 Å². The Kier molecular flexibility index (Phi) is 6.26. The van der Waals surface area contributed by atoms with Crippen LogP contribution in [0.1, 0.15) is 39.1 Å². The summed E-state index contributed by atoms with van der Waals surface area (Å²) in [5.74, 6) is -0.873. The largest absolute Gasteiger partial charge is 0.336 e. The third kappa shape index (κ3) is 4.50. The number of imide groups is 1. The number of hydrogen-bond acceptors (Lipinski definition) is 6. The van der Waals surface area contributed by atoms with Gasteiger partial charge >= 0.3 is 0 Å². The number of piperazine rings is 1. The molecule has 1 atom stereocenters. The number of carbonyl (C=O) groups is 4. The van der Waals surface area contributed by atoms with E-state index in [0.29, 0.717) is 24.1 Å². The van der Waals surface area contributed by atoms with Crippen LogP contribution in [0.15, 0.2) is 48.7 Å². The minimum atomic E-state index is -0.646. The molecule has 10 nitrogen and oxygen atoms in total. The van der Waals surface area contributed by atoms with Gasteiger partial charge in [0.25, 0.3) is 11.8 Å². The van der Waals surface area contributed by atoms with E-state index in [9.17, 15) is 19.2 Å². The quantitative estimate of drug-likeness (QED) is 0.521. The molecule has 0 spiro atoms. The molecule has 0 bridgehead atoms. The van der Waals surface area contributed by atoms with Crippen LogP contribution < -0.4 is 5.32 Å². The molecule has 1 aromatic heterocycles. The normalized spacial score (nSPS) is 19.8. The van der Waals surface area contributed by atoms with Gasteiger partial charge < -0.3 is 14.7 Å². The van der Waals surface area contributed by atoms with Gasteiger partial charge in [-0.2, -0.15) is 5.10 Å². The molecule has 200 valence electrons. The summed E-state index contributed by atoms with van der Waals surface area (Å²) in [6, 6.07) is 12.7. The van der Waals surface area contributed by atoms with Crippen molar-refractivity contribution < 1.29 is 19.2 Å².